The Hall–Kier alpha value is 0.340. The van der Waals surface area contributed by atoms with Crippen LogP contribution < -0.4 is 4.72 Å². The molecule has 1 unspecified atom stereocenters. The Kier molecular flexibility index (Phi) is 6.09. The predicted molar refractivity (Wildman–Crippen MR) is 85.4 cm³/mol. The van der Waals surface area contributed by atoms with E-state index in [0.717, 1.165) is 6.42 Å². The molecule has 120 valence electrons. The highest BCUT2D eigenvalue weighted by Gasteiger charge is 2.32. The first kappa shape index (κ1) is 18.4. The molecule has 0 aromatic heterocycles. The summed E-state index contributed by atoms with van der Waals surface area (Å²) in [6.07, 6.45) is 1.25. The second-order valence-corrected chi connectivity index (χ2v) is 12.3. The first-order valence-corrected chi connectivity index (χ1v) is 11.0. The maximum atomic E-state index is 12.1. The monoisotopic (exact) mass is 389 g/mol. The van der Waals surface area contributed by atoms with E-state index in [9.17, 15) is 16.8 Å². The summed E-state index contributed by atoms with van der Waals surface area (Å²) in [6.45, 7) is 6.63. The molecular weight excluding hydrogens is 366 g/mol. The molecule has 0 aliphatic carbocycles. The minimum Gasteiger partial charge on any atom is -0.229 e. The molecule has 0 saturated carbocycles. The summed E-state index contributed by atoms with van der Waals surface area (Å²) in [5.74, 6) is -0.0589. The van der Waals surface area contributed by atoms with Crippen molar-refractivity contribution in [3.63, 3.8) is 0 Å². The number of sulfone groups is 1. The Labute approximate surface area is 131 Å². The lowest BCUT2D eigenvalue weighted by molar-refractivity contribution is 0.373. The Morgan fingerprint density at radius 1 is 1.25 bits per heavy atom. The average Bonchev–Trinajstić information content (AvgIpc) is 2.23. The van der Waals surface area contributed by atoms with Gasteiger partial charge in [0.25, 0.3) is 0 Å². The van der Waals surface area contributed by atoms with Crippen LogP contribution in [-0.4, -0.2) is 45.0 Å². The molecule has 1 fully saturated rings. The number of alkyl halides is 1. The molecule has 1 saturated heterocycles. The largest absolute Gasteiger partial charge is 0.229 e. The van der Waals surface area contributed by atoms with Gasteiger partial charge in [-0.05, 0) is 24.7 Å². The van der Waals surface area contributed by atoms with E-state index in [1.807, 2.05) is 0 Å². The molecule has 1 aliphatic heterocycles. The zero-order valence-electron chi connectivity index (χ0n) is 12.2. The molecule has 20 heavy (non-hydrogen) atoms. The van der Waals surface area contributed by atoms with Gasteiger partial charge in [-0.15, -0.1) is 0 Å². The van der Waals surface area contributed by atoms with E-state index in [1.165, 1.54) is 0 Å². The Balaban J connectivity index is 2.50. The number of nitrogens with one attached hydrogen (secondary N) is 1. The normalized spacial score (nSPS) is 22.6. The van der Waals surface area contributed by atoms with Crippen molar-refractivity contribution in [2.24, 2.45) is 5.41 Å². The molecule has 1 rings (SSSR count). The molecule has 1 aliphatic rings. The van der Waals surface area contributed by atoms with Gasteiger partial charge in [0.1, 0.15) is 9.84 Å². The highest BCUT2D eigenvalue weighted by molar-refractivity contribution is 9.09. The number of hydrogen-bond donors (Lipinski definition) is 1. The van der Waals surface area contributed by atoms with Crippen LogP contribution in [0.3, 0.4) is 0 Å². The lowest BCUT2D eigenvalue weighted by Gasteiger charge is -2.25. The molecule has 0 bridgehead atoms. The van der Waals surface area contributed by atoms with Crippen LogP contribution in [0.1, 0.15) is 40.0 Å². The van der Waals surface area contributed by atoms with Crippen LogP contribution in [0.25, 0.3) is 0 Å². The fraction of sp³-hybridized carbons (Fsp3) is 1.00. The predicted octanol–water partition coefficient (Wildman–Crippen LogP) is 1.68. The van der Waals surface area contributed by atoms with Gasteiger partial charge in [-0.2, -0.15) is 0 Å². The van der Waals surface area contributed by atoms with Crippen LogP contribution >= 0.6 is 15.9 Å². The first-order valence-electron chi connectivity index (χ1n) is 6.74. The summed E-state index contributed by atoms with van der Waals surface area (Å²) in [5, 5.41) is -0.583. The van der Waals surface area contributed by atoms with Crippen molar-refractivity contribution in [3.8, 4) is 0 Å². The van der Waals surface area contributed by atoms with Gasteiger partial charge < -0.3 is 0 Å². The third kappa shape index (κ3) is 6.41. The molecule has 1 N–H and O–H groups in total. The maximum absolute atomic E-state index is 12.1. The third-order valence-corrected chi connectivity index (χ3v) is 7.56. The van der Waals surface area contributed by atoms with Crippen LogP contribution in [0.5, 0.6) is 0 Å². The van der Waals surface area contributed by atoms with Crippen molar-refractivity contribution in [1.29, 1.82) is 0 Å². The van der Waals surface area contributed by atoms with Gasteiger partial charge in [0.2, 0.25) is 10.0 Å². The van der Waals surface area contributed by atoms with Gasteiger partial charge in [-0.1, -0.05) is 36.7 Å². The molecule has 0 spiro atoms. The average molecular weight is 390 g/mol. The summed E-state index contributed by atoms with van der Waals surface area (Å²) in [4.78, 5) is 0.0737. The van der Waals surface area contributed by atoms with E-state index < -0.39 is 25.1 Å². The highest BCUT2D eigenvalue weighted by Crippen LogP contribution is 2.25. The van der Waals surface area contributed by atoms with Crippen LogP contribution in [0.4, 0.5) is 0 Å². The van der Waals surface area contributed by atoms with E-state index in [1.54, 1.807) is 0 Å². The quantitative estimate of drug-likeness (QED) is 0.725. The second-order valence-electron chi connectivity index (χ2n) is 6.61. The van der Waals surface area contributed by atoms with Crippen molar-refractivity contribution < 1.29 is 16.8 Å². The van der Waals surface area contributed by atoms with Crippen LogP contribution in [-0.2, 0) is 19.9 Å². The minimum atomic E-state index is -3.43. The third-order valence-electron chi connectivity index (χ3n) is 3.28. The summed E-state index contributed by atoms with van der Waals surface area (Å²) in [5.41, 5.74) is 0.124. The molecule has 0 amide bonds. The maximum Gasteiger partial charge on any atom is 0.214 e. The van der Waals surface area contributed by atoms with E-state index in [-0.39, 0.29) is 34.6 Å². The molecule has 0 radical (unpaired) electrons. The van der Waals surface area contributed by atoms with Crippen LogP contribution in [0.15, 0.2) is 0 Å². The molecule has 1 atom stereocenters. The first-order chi connectivity index (χ1) is 8.91. The zero-order chi connectivity index (χ0) is 15.6. The van der Waals surface area contributed by atoms with Crippen molar-refractivity contribution in [2.75, 3.05) is 18.1 Å². The van der Waals surface area contributed by atoms with E-state index >= 15 is 0 Å². The van der Waals surface area contributed by atoms with Gasteiger partial charge in [0, 0.05) is 11.4 Å². The second kappa shape index (κ2) is 6.62. The fourth-order valence-electron chi connectivity index (χ4n) is 2.24. The summed E-state index contributed by atoms with van der Waals surface area (Å²) in [6, 6.07) is 0. The Morgan fingerprint density at radius 2 is 1.75 bits per heavy atom. The molecule has 0 aromatic carbocycles. The number of rotatable bonds is 5. The van der Waals surface area contributed by atoms with Gasteiger partial charge in [-0.25, -0.2) is 21.6 Å². The van der Waals surface area contributed by atoms with Gasteiger partial charge in [0.05, 0.1) is 16.8 Å². The highest BCUT2D eigenvalue weighted by atomic mass is 79.9. The minimum absolute atomic E-state index is 0.0295. The Bertz CT molecular complexity index is 508. The smallest absolute Gasteiger partial charge is 0.214 e. The van der Waals surface area contributed by atoms with Gasteiger partial charge >= 0.3 is 0 Å². The van der Waals surface area contributed by atoms with Crippen molar-refractivity contribution in [2.45, 2.75) is 50.1 Å². The standard InChI is InChI=1S/C12H24BrNO4S2/c1-12(2,3)8-10(13)9-14-20(17,18)11-4-6-19(15,16)7-5-11/h10-11,14H,4-9H2,1-3H3. The summed E-state index contributed by atoms with van der Waals surface area (Å²) < 4.78 is 49.5. The van der Waals surface area contributed by atoms with Gasteiger partial charge in [-0.3, -0.25) is 0 Å². The Morgan fingerprint density at radius 3 is 2.20 bits per heavy atom. The molecule has 0 aromatic rings. The van der Waals surface area contributed by atoms with Crippen LogP contribution in [0, 0.1) is 5.41 Å². The number of hydrogen-bond acceptors (Lipinski definition) is 4. The SMILES string of the molecule is CC(C)(C)CC(Br)CNS(=O)(=O)C1CCS(=O)(=O)CC1. The molecule has 5 nitrogen and oxygen atoms in total. The lowest BCUT2D eigenvalue weighted by Crippen LogP contribution is -2.42. The van der Waals surface area contributed by atoms with Crippen molar-refractivity contribution in [3.05, 3.63) is 0 Å². The summed E-state index contributed by atoms with van der Waals surface area (Å²) in [7, 11) is -6.46. The zero-order valence-corrected chi connectivity index (χ0v) is 15.4. The molecule has 1 heterocycles. The van der Waals surface area contributed by atoms with E-state index in [2.05, 4.69) is 41.4 Å². The fourth-order valence-corrected chi connectivity index (χ4v) is 6.90. The van der Waals surface area contributed by atoms with Crippen LogP contribution in [0.2, 0.25) is 0 Å². The number of sulfonamides is 1. The summed E-state index contributed by atoms with van der Waals surface area (Å²) >= 11 is 3.49. The van der Waals surface area contributed by atoms with Crippen molar-refractivity contribution >= 4 is 35.8 Å². The topological polar surface area (TPSA) is 80.3 Å². The molecule has 8 heteroatoms. The van der Waals surface area contributed by atoms with E-state index in [0.29, 0.717) is 6.54 Å². The molecular formula is C12H24BrNO4S2. The van der Waals surface area contributed by atoms with Crippen molar-refractivity contribution in [1.82, 2.24) is 4.72 Å². The van der Waals surface area contributed by atoms with Gasteiger partial charge in [0.15, 0.2) is 0 Å². The number of halogens is 1. The van der Waals surface area contributed by atoms with E-state index in [4.69, 9.17) is 0 Å². The lowest BCUT2D eigenvalue weighted by atomic mass is 9.91.